The summed E-state index contributed by atoms with van der Waals surface area (Å²) in [6.07, 6.45) is 3.90. The molecule has 1 aromatic carbocycles. The van der Waals surface area contributed by atoms with Gasteiger partial charge in [-0.05, 0) is 24.5 Å². The third-order valence-electron chi connectivity index (χ3n) is 2.44. The minimum atomic E-state index is -0.154. The molecule has 2 heteroatoms. The summed E-state index contributed by atoms with van der Waals surface area (Å²) >= 11 is 0. The van der Waals surface area contributed by atoms with E-state index in [2.05, 4.69) is 5.32 Å². The van der Waals surface area contributed by atoms with Crippen LogP contribution in [0.4, 0.5) is 10.1 Å². The van der Waals surface area contributed by atoms with E-state index in [1.807, 2.05) is 6.07 Å². The molecule has 1 aliphatic rings. The van der Waals surface area contributed by atoms with Crippen molar-refractivity contribution >= 4 is 5.69 Å². The second kappa shape index (κ2) is 3.77. The molecule has 0 radical (unpaired) electrons. The average molecular weight is 179 g/mol. The smallest absolute Gasteiger partial charge is 0.146 e. The van der Waals surface area contributed by atoms with Crippen molar-refractivity contribution in [1.82, 2.24) is 0 Å². The number of benzene rings is 1. The number of hydrogen-bond donors (Lipinski definition) is 1. The maximum absolute atomic E-state index is 13.1. The van der Waals surface area contributed by atoms with Crippen LogP contribution in [0.1, 0.15) is 19.3 Å². The Kier molecular flexibility index (Phi) is 2.48. The van der Waals surface area contributed by atoms with Crippen LogP contribution in [0, 0.1) is 11.7 Å². The Balaban J connectivity index is 1.82. The lowest BCUT2D eigenvalue weighted by Gasteiger charge is -2.05. The Morgan fingerprint density at radius 2 is 2.08 bits per heavy atom. The van der Waals surface area contributed by atoms with Crippen molar-refractivity contribution in [3.63, 3.8) is 0 Å². The predicted molar refractivity (Wildman–Crippen MR) is 52.2 cm³/mol. The van der Waals surface area contributed by atoms with Gasteiger partial charge in [0.1, 0.15) is 5.82 Å². The lowest BCUT2D eigenvalue weighted by Crippen LogP contribution is -2.03. The van der Waals surface area contributed by atoms with Crippen LogP contribution in [-0.2, 0) is 0 Å². The number of hydrogen-bond acceptors (Lipinski definition) is 1. The molecule has 0 aliphatic heterocycles. The Morgan fingerprint density at radius 1 is 1.31 bits per heavy atom. The maximum Gasteiger partial charge on any atom is 0.146 e. The van der Waals surface area contributed by atoms with E-state index in [0.29, 0.717) is 5.69 Å². The first-order chi connectivity index (χ1) is 6.36. The maximum atomic E-state index is 13.1. The number of rotatable bonds is 4. The number of para-hydroxylation sites is 1. The summed E-state index contributed by atoms with van der Waals surface area (Å²) in [5.74, 6) is 0.748. The predicted octanol–water partition coefficient (Wildman–Crippen LogP) is 3.04. The fourth-order valence-corrected chi connectivity index (χ4v) is 1.42. The van der Waals surface area contributed by atoms with Gasteiger partial charge in [0.2, 0.25) is 0 Å². The van der Waals surface area contributed by atoms with Crippen molar-refractivity contribution in [2.24, 2.45) is 5.92 Å². The van der Waals surface area contributed by atoms with Crippen molar-refractivity contribution in [2.75, 3.05) is 11.9 Å². The number of halogens is 1. The second-order valence-corrected chi connectivity index (χ2v) is 3.64. The molecule has 70 valence electrons. The lowest BCUT2D eigenvalue weighted by atomic mass is 10.2. The van der Waals surface area contributed by atoms with Crippen LogP contribution in [0.3, 0.4) is 0 Å². The average Bonchev–Trinajstić information content (AvgIpc) is 2.92. The molecule has 1 aliphatic carbocycles. The molecule has 1 saturated carbocycles. The van der Waals surface area contributed by atoms with Crippen LogP contribution in [0.15, 0.2) is 24.3 Å². The van der Waals surface area contributed by atoms with Gasteiger partial charge in [0.25, 0.3) is 0 Å². The molecule has 1 nitrogen and oxygen atoms in total. The van der Waals surface area contributed by atoms with Crippen molar-refractivity contribution in [3.8, 4) is 0 Å². The van der Waals surface area contributed by atoms with Crippen LogP contribution in [0.2, 0.25) is 0 Å². The second-order valence-electron chi connectivity index (χ2n) is 3.64. The van der Waals surface area contributed by atoms with E-state index >= 15 is 0 Å². The fourth-order valence-electron chi connectivity index (χ4n) is 1.42. The van der Waals surface area contributed by atoms with Gasteiger partial charge in [-0.2, -0.15) is 0 Å². The highest BCUT2D eigenvalue weighted by Crippen LogP contribution is 2.32. The Bertz CT molecular complexity index is 281. The first-order valence-corrected chi connectivity index (χ1v) is 4.84. The van der Waals surface area contributed by atoms with Gasteiger partial charge in [0.05, 0.1) is 5.69 Å². The van der Waals surface area contributed by atoms with Crippen LogP contribution >= 0.6 is 0 Å². The monoisotopic (exact) mass is 179 g/mol. The molecular formula is C11H14FN. The molecule has 0 heterocycles. The summed E-state index contributed by atoms with van der Waals surface area (Å²) in [6, 6.07) is 6.83. The number of anilines is 1. The van der Waals surface area contributed by atoms with Crippen molar-refractivity contribution in [1.29, 1.82) is 0 Å². The minimum Gasteiger partial charge on any atom is -0.383 e. The highest BCUT2D eigenvalue weighted by atomic mass is 19.1. The van der Waals surface area contributed by atoms with Gasteiger partial charge in [-0.15, -0.1) is 0 Å². The minimum absolute atomic E-state index is 0.154. The van der Waals surface area contributed by atoms with E-state index in [0.717, 1.165) is 12.5 Å². The molecule has 1 aromatic rings. The molecule has 0 bridgehead atoms. The molecule has 0 spiro atoms. The summed E-state index contributed by atoms with van der Waals surface area (Å²) in [7, 11) is 0. The van der Waals surface area contributed by atoms with Gasteiger partial charge < -0.3 is 5.32 Å². The Hall–Kier alpha value is -1.05. The van der Waals surface area contributed by atoms with E-state index in [-0.39, 0.29) is 5.82 Å². The SMILES string of the molecule is Fc1ccccc1NCCC1CC1. The van der Waals surface area contributed by atoms with Gasteiger partial charge in [-0.25, -0.2) is 4.39 Å². The van der Waals surface area contributed by atoms with Crippen LogP contribution in [0.5, 0.6) is 0 Å². The summed E-state index contributed by atoms with van der Waals surface area (Å²) < 4.78 is 13.1. The van der Waals surface area contributed by atoms with Crippen LogP contribution < -0.4 is 5.32 Å². The third kappa shape index (κ3) is 2.44. The van der Waals surface area contributed by atoms with Crippen molar-refractivity contribution in [3.05, 3.63) is 30.1 Å². The van der Waals surface area contributed by atoms with Gasteiger partial charge >= 0.3 is 0 Å². The quantitative estimate of drug-likeness (QED) is 0.749. The Labute approximate surface area is 78.0 Å². The largest absolute Gasteiger partial charge is 0.383 e. The summed E-state index contributed by atoms with van der Waals surface area (Å²) in [6.45, 7) is 0.894. The molecule has 0 unspecified atom stereocenters. The van der Waals surface area contributed by atoms with Crippen LogP contribution in [0.25, 0.3) is 0 Å². The van der Waals surface area contributed by atoms with Crippen molar-refractivity contribution < 1.29 is 4.39 Å². The molecule has 2 rings (SSSR count). The molecule has 1 N–H and O–H groups in total. The summed E-state index contributed by atoms with van der Waals surface area (Å²) in [4.78, 5) is 0. The van der Waals surface area contributed by atoms with Gasteiger partial charge in [0.15, 0.2) is 0 Å². The topological polar surface area (TPSA) is 12.0 Å². The zero-order valence-electron chi connectivity index (χ0n) is 7.59. The lowest BCUT2D eigenvalue weighted by molar-refractivity contribution is 0.628. The van der Waals surface area contributed by atoms with Gasteiger partial charge in [0, 0.05) is 6.54 Å². The molecule has 1 fully saturated rings. The highest BCUT2D eigenvalue weighted by Gasteiger charge is 2.20. The molecular weight excluding hydrogens is 165 g/mol. The summed E-state index contributed by atoms with van der Waals surface area (Å²) in [5.41, 5.74) is 0.628. The first-order valence-electron chi connectivity index (χ1n) is 4.84. The van der Waals surface area contributed by atoms with Gasteiger partial charge in [-0.3, -0.25) is 0 Å². The third-order valence-corrected chi connectivity index (χ3v) is 2.44. The molecule has 0 amide bonds. The number of nitrogens with one attached hydrogen (secondary N) is 1. The zero-order chi connectivity index (χ0) is 9.10. The fraction of sp³-hybridized carbons (Fsp3) is 0.455. The molecule has 0 aromatic heterocycles. The van der Waals surface area contributed by atoms with Crippen LogP contribution in [-0.4, -0.2) is 6.54 Å². The van der Waals surface area contributed by atoms with Crippen molar-refractivity contribution in [2.45, 2.75) is 19.3 Å². The Morgan fingerprint density at radius 3 is 2.77 bits per heavy atom. The molecule has 0 saturated heterocycles. The highest BCUT2D eigenvalue weighted by molar-refractivity contribution is 5.44. The summed E-state index contributed by atoms with van der Waals surface area (Å²) in [5, 5.41) is 3.11. The van der Waals surface area contributed by atoms with E-state index in [4.69, 9.17) is 0 Å². The zero-order valence-corrected chi connectivity index (χ0v) is 7.59. The van der Waals surface area contributed by atoms with E-state index in [9.17, 15) is 4.39 Å². The molecule has 13 heavy (non-hydrogen) atoms. The van der Waals surface area contributed by atoms with E-state index in [1.165, 1.54) is 25.3 Å². The standard InChI is InChI=1S/C11H14FN/c12-10-3-1-2-4-11(10)13-8-7-9-5-6-9/h1-4,9,13H,5-8H2. The normalized spacial score (nSPS) is 15.8. The first kappa shape index (κ1) is 8.54. The van der Waals surface area contributed by atoms with E-state index < -0.39 is 0 Å². The molecule has 0 atom stereocenters. The van der Waals surface area contributed by atoms with E-state index in [1.54, 1.807) is 12.1 Å². The van der Waals surface area contributed by atoms with Gasteiger partial charge in [-0.1, -0.05) is 25.0 Å².